The maximum absolute atomic E-state index is 13.6. The highest BCUT2D eigenvalue weighted by molar-refractivity contribution is 7.80. The van der Waals surface area contributed by atoms with Crippen LogP contribution in [0.1, 0.15) is 16.7 Å². The monoisotopic (exact) mass is 274 g/mol. The summed E-state index contributed by atoms with van der Waals surface area (Å²) >= 11 is 5.03. The van der Waals surface area contributed by atoms with Crippen LogP contribution < -0.4 is 11.1 Å². The fourth-order valence-corrected chi connectivity index (χ4v) is 2.10. The number of halogens is 1. The van der Waals surface area contributed by atoms with Crippen molar-refractivity contribution in [1.29, 1.82) is 0 Å². The van der Waals surface area contributed by atoms with Crippen LogP contribution in [0.3, 0.4) is 0 Å². The Bertz CT molecular complexity index is 611. The van der Waals surface area contributed by atoms with Crippen LogP contribution in [-0.4, -0.2) is 4.99 Å². The summed E-state index contributed by atoms with van der Waals surface area (Å²) in [5.41, 5.74) is 8.98. The number of benzene rings is 2. The molecular weight excluding hydrogens is 259 g/mol. The summed E-state index contributed by atoms with van der Waals surface area (Å²) in [6, 6.07) is 12.4. The van der Waals surface area contributed by atoms with Crippen LogP contribution in [-0.2, 0) is 6.54 Å². The van der Waals surface area contributed by atoms with Gasteiger partial charge in [0.2, 0.25) is 0 Å². The zero-order chi connectivity index (χ0) is 13.8. The number of aryl methyl sites for hydroxylation is 1. The molecule has 2 nitrogen and oxygen atoms in total. The lowest BCUT2D eigenvalue weighted by Gasteiger charge is -2.14. The molecule has 0 amide bonds. The maximum Gasteiger partial charge on any atom is 0.128 e. The van der Waals surface area contributed by atoms with Gasteiger partial charge < -0.3 is 11.1 Å². The number of hydrogen-bond acceptors (Lipinski definition) is 2. The van der Waals surface area contributed by atoms with E-state index in [0.29, 0.717) is 17.1 Å². The number of anilines is 1. The van der Waals surface area contributed by atoms with Crippen molar-refractivity contribution in [1.82, 2.24) is 0 Å². The molecule has 0 heterocycles. The second-order valence-corrected chi connectivity index (χ2v) is 4.75. The summed E-state index contributed by atoms with van der Waals surface area (Å²) in [5, 5.41) is 3.21. The first-order chi connectivity index (χ1) is 9.09. The van der Waals surface area contributed by atoms with Crippen LogP contribution in [0, 0.1) is 12.7 Å². The number of rotatable bonds is 4. The van der Waals surface area contributed by atoms with Gasteiger partial charge in [-0.1, -0.05) is 42.5 Å². The van der Waals surface area contributed by atoms with E-state index >= 15 is 0 Å². The Morgan fingerprint density at radius 3 is 2.63 bits per heavy atom. The molecule has 2 aromatic rings. The molecule has 0 spiro atoms. The van der Waals surface area contributed by atoms with E-state index in [2.05, 4.69) is 5.32 Å². The number of thiocarbonyl (C=S) groups is 1. The lowest BCUT2D eigenvalue weighted by atomic mass is 10.1. The first-order valence-electron chi connectivity index (χ1n) is 5.96. The van der Waals surface area contributed by atoms with Crippen LogP contribution >= 0.6 is 12.2 Å². The van der Waals surface area contributed by atoms with E-state index in [9.17, 15) is 4.39 Å². The summed E-state index contributed by atoms with van der Waals surface area (Å²) in [7, 11) is 0. The highest BCUT2D eigenvalue weighted by Gasteiger charge is 2.08. The summed E-state index contributed by atoms with van der Waals surface area (Å²) in [6.07, 6.45) is 0. The second kappa shape index (κ2) is 5.80. The Morgan fingerprint density at radius 2 is 1.95 bits per heavy atom. The highest BCUT2D eigenvalue weighted by atomic mass is 32.1. The van der Waals surface area contributed by atoms with Crippen molar-refractivity contribution in [3.05, 3.63) is 65.0 Å². The lowest BCUT2D eigenvalue weighted by molar-refractivity contribution is 0.613. The van der Waals surface area contributed by atoms with Gasteiger partial charge in [-0.2, -0.15) is 0 Å². The fourth-order valence-electron chi connectivity index (χ4n) is 1.93. The average molecular weight is 274 g/mol. The van der Waals surface area contributed by atoms with Crippen LogP contribution in [0.4, 0.5) is 10.1 Å². The number of nitrogens with two attached hydrogens (primary N) is 1. The van der Waals surface area contributed by atoms with Crippen molar-refractivity contribution >= 4 is 22.9 Å². The lowest BCUT2D eigenvalue weighted by Crippen LogP contribution is -2.14. The Kier molecular flexibility index (Phi) is 4.12. The summed E-state index contributed by atoms with van der Waals surface area (Å²) in [6.45, 7) is 2.36. The van der Waals surface area contributed by atoms with E-state index in [1.807, 2.05) is 31.2 Å². The molecule has 0 saturated heterocycles. The Labute approximate surface area is 117 Å². The third-order valence-electron chi connectivity index (χ3n) is 2.95. The molecule has 0 atom stereocenters. The van der Waals surface area contributed by atoms with Crippen molar-refractivity contribution < 1.29 is 4.39 Å². The van der Waals surface area contributed by atoms with Gasteiger partial charge in [0.25, 0.3) is 0 Å². The van der Waals surface area contributed by atoms with Gasteiger partial charge in [0.1, 0.15) is 10.8 Å². The molecule has 0 aromatic heterocycles. The zero-order valence-electron chi connectivity index (χ0n) is 10.6. The van der Waals surface area contributed by atoms with Crippen LogP contribution in [0.2, 0.25) is 0 Å². The third kappa shape index (κ3) is 3.09. The normalized spacial score (nSPS) is 10.2. The minimum atomic E-state index is -0.222. The molecule has 0 unspecified atom stereocenters. The van der Waals surface area contributed by atoms with Gasteiger partial charge in [-0.25, -0.2) is 4.39 Å². The topological polar surface area (TPSA) is 38.0 Å². The highest BCUT2D eigenvalue weighted by Crippen LogP contribution is 2.21. The van der Waals surface area contributed by atoms with Crippen LogP contribution in [0.25, 0.3) is 0 Å². The number of hydrogen-bond donors (Lipinski definition) is 2. The van der Waals surface area contributed by atoms with E-state index < -0.39 is 0 Å². The first-order valence-corrected chi connectivity index (χ1v) is 6.37. The maximum atomic E-state index is 13.6. The molecule has 4 heteroatoms. The van der Waals surface area contributed by atoms with Gasteiger partial charge in [-0.15, -0.1) is 0 Å². The minimum absolute atomic E-state index is 0.222. The van der Waals surface area contributed by atoms with Crippen molar-refractivity contribution in [3.8, 4) is 0 Å². The molecule has 0 fully saturated rings. The quantitative estimate of drug-likeness (QED) is 0.839. The molecule has 0 aliphatic carbocycles. The summed E-state index contributed by atoms with van der Waals surface area (Å²) in [5.74, 6) is -0.222. The van der Waals surface area contributed by atoms with Gasteiger partial charge in [-0.05, 0) is 24.6 Å². The van der Waals surface area contributed by atoms with Gasteiger partial charge in [0.15, 0.2) is 0 Å². The molecule has 2 rings (SSSR count). The van der Waals surface area contributed by atoms with Gasteiger partial charge >= 0.3 is 0 Å². The smallest absolute Gasteiger partial charge is 0.128 e. The van der Waals surface area contributed by atoms with Gasteiger partial charge in [-0.3, -0.25) is 0 Å². The third-order valence-corrected chi connectivity index (χ3v) is 3.17. The molecule has 2 aromatic carbocycles. The average Bonchev–Trinajstić information content (AvgIpc) is 2.38. The van der Waals surface area contributed by atoms with Gasteiger partial charge in [0.05, 0.1) is 0 Å². The predicted octanol–water partition coefficient (Wildman–Crippen LogP) is 3.38. The number of para-hydroxylation sites is 1. The molecule has 19 heavy (non-hydrogen) atoms. The van der Waals surface area contributed by atoms with E-state index in [0.717, 1.165) is 16.8 Å². The van der Waals surface area contributed by atoms with Crippen LogP contribution in [0.15, 0.2) is 42.5 Å². The number of nitrogens with one attached hydrogen (secondary N) is 1. The first kappa shape index (κ1) is 13.5. The molecule has 98 valence electrons. The molecule has 0 radical (unpaired) electrons. The SMILES string of the molecule is Cc1cccc(C(N)=S)c1NCc1ccccc1F. The second-order valence-electron chi connectivity index (χ2n) is 4.31. The van der Waals surface area contributed by atoms with E-state index in [1.54, 1.807) is 12.1 Å². The minimum Gasteiger partial charge on any atom is -0.389 e. The molecule has 0 aliphatic rings. The fraction of sp³-hybridized carbons (Fsp3) is 0.133. The van der Waals surface area contributed by atoms with Crippen molar-refractivity contribution in [2.45, 2.75) is 13.5 Å². The van der Waals surface area contributed by atoms with Crippen molar-refractivity contribution in [3.63, 3.8) is 0 Å². The van der Waals surface area contributed by atoms with E-state index in [1.165, 1.54) is 6.07 Å². The van der Waals surface area contributed by atoms with Crippen molar-refractivity contribution in [2.24, 2.45) is 5.73 Å². The van der Waals surface area contributed by atoms with E-state index in [-0.39, 0.29) is 5.82 Å². The molecular formula is C15H15FN2S. The standard InChI is InChI=1S/C15H15FN2S/c1-10-5-4-7-12(15(17)19)14(10)18-9-11-6-2-3-8-13(11)16/h2-8,18H,9H2,1H3,(H2,17,19). The largest absolute Gasteiger partial charge is 0.389 e. The molecule has 3 N–H and O–H groups in total. The van der Waals surface area contributed by atoms with Gasteiger partial charge in [0, 0.05) is 23.4 Å². The van der Waals surface area contributed by atoms with Crippen molar-refractivity contribution in [2.75, 3.05) is 5.32 Å². The summed E-state index contributed by atoms with van der Waals surface area (Å²) < 4.78 is 13.6. The Hall–Kier alpha value is -1.94. The molecule has 0 bridgehead atoms. The predicted molar refractivity (Wildman–Crippen MR) is 80.8 cm³/mol. The van der Waals surface area contributed by atoms with E-state index in [4.69, 9.17) is 18.0 Å². The van der Waals surface area contributed by atoms with Crippen LogP contribution in [0.5, 0.6) is 0 Å². The Morgan fingerprint density at radius 1 is 1.21 bits per heavy atom. The molecule has 0 saturated carbocycles. The zero-order valence-corrected chi connectivity index (χ0v) is 11.4. The summed E-state index contributed by atoms with van der Waals surface area (Å²) in [4.78, 5) is 0.333. The molecule has 0 aliphatic heterocycles. The Balaban J connectivity index is 2.25.